The van der Waals surface area contributed by atoms with Crippen LogP contribution in [0.3, 0.4) is 0 Å². The Labute approximate surface area is 101 Å². The highest BCUT2D eigenvalue weighted by Crippen LogP contribution is 2.22. The Kier molecular flexibility index (Phi) is 8.90. The zero-order chi connectivity index (χ0) is 12.4. The fourth-order valence-corrected chi connectivity index (χ4v) is 2.29. The summed E-state index contributed by atoms with van der Waals surface area (Å²) in [6.07, 6.45) is 3.41. The lowest BCUT2D eigenvalue weighted by molar-refractivity contribution is 0.0428. The van der Waals surface area contributed by atoms with Gasteiger partial charge in [-0.3, -0.25) is 4.90 Å². The summed E-state index contributed by atoms with van der Waals surface area (Å²) in [6, 6.07) is 0. The number of hydrogen-bond donors (Lipinski definition) is 1. The average molecular weight is 230 g/mol. The number of hydrogen-bond acceptors (Lipinski definition) is 3. The van der Waals surface area contributed by atoms with Crippen molar-refractivity contribution in [3.05, 3.63) is 0 Å². The van der Waals surface area contributed by atoms with E-state index in [0.717, 1.165) is 45.7 Å². The molecule has 0 fully saturated rings. The van der Waals surface area contributed by atoms with Gasteiger partial charge in [-0.2, -0.15) is 0 Å². The van der Waals surface area contributed by atoms with Crippen molar-refractivity contribution in [1.82, 2.24) is 4.90 Å². The second kappa shape index (κ2) is 8.97. The fraction of sp³-hybridized carbons (Fsp3) is 1.00. The molecule has 0 aromatic rings. The molecule has 0 heterocycles. The third-order valence-corrected chi connectivity index (χ3v) is 3.57. The van der Waals surface area contributed by atoms with Gasteiger partial charge in [0.15, 0.2) is 0 Å². The van der Waals surface area contributed by atoms with E-state index in [-0.39, 0.29) is 5.54 Å². The Hall–Kier alpha value is -0.120. The van der Waals surface area contributed by atoms with E-state index in [1.165, 1.54) is 6.42 Å². The standard InChI is InChI=1S/C13H30N2O/c1-5-9-15(10-11-16-8-4)13(6-2,7-3)12-14/h5-12,14H2,1-4H3. The van der Waals surface area contributed by atoms with Gasteiger partial charge in [0.25, 0.3) is 0 Å². The molecule has 0 spiro atoms. The van der Waals surface area contributed by atoms with E-state index >= 15 is 0 Å². The highest BCUT2D eigenvalue weighted by atomic mass is 16.5. The van der Waals surface area contributed by atoms with Crippen molar-refractivity contribution < 1.29 is 4.74 Å². The Morgan fingerprint density at radius 2 is 1.69 bits per heavy atom. The van der Waals surface area contributed by atoms with E-state index in [4.69, 9.17) is 10.5 Å². The van der Waals surface area contributed by atoms with Crippen molar-refractivity contribution >= 4 is 0 Å². The van der Waals surface area contributed by atoms with Crippen LogP contribution in [0.1, 0.15) is 47.0 Å². The summed E-state index contributed by atoms with van der Waals surface area (Å²) in [6.45, 7) is 13.2. The molecule has 0 aliphatic rings. The minimum atomic E-state index is 0.174. The van der Waals surface area contributed by atoms with Crippen molar-refractivity contribution in [2.24, 2.45) is 5.73 Å². The summed E-state index contributed by atoms with van der Waals surface area (Å²) in [5.74, 6) is 0. The second-order valence-electron chi connectivity index (χ2n) is 4.32. The number of ether oxygens (including phenoxy) is 1. The molecule has 0 radical (unpaired) electrons. The molecule has 0 rings (SSSR count). The Balaban J connectivity index is 4.44. The summed E-state index contributed by atoms with van der Waals surface area (Å²) >= 11 is 0. The molecule has 0 unspecified atom stereocenters. The van der Waals surface area contributed by atoms with E-state index in [9.17, 15) is 0 Å². The molecule has 0 saturated carbocycles. The van der Waals surface area contributed by atoms with Gasteiger partial charge in [0.2, 0.25) is 0 Å². The topological polar surface area (TPSA) is 38.5 Å². The maximum atomic E-state index is 5.98. The predicted octanol–water partition coefficient (Wildman–Crippen LogP) is 2.25. The summed E-state index contributed by atoms with van der Waals surface area (Å²) in [5.41, 5.74) is 6.16. The summed E-state index contributed by atoms with van der Waals surface area (Å²) in [7, 11) is 0. The van der Waals surface area contributed by atoms with Crippen LogP contribution in [0.15, 0.2) is 0 Å². The van der Waals surface area contributed by atoms with E-state index < -0.39 is 0 Å². The predicted molar refractivity (Wildman–Crippen MR) is 70.7 cm³/mol. The highest BCUT2D eigenvalue weighted by molar-refractivity contribution is 4.89. The normalized spacial score (nSPS) is 12.4. The second-order valence-corrected chi connectivity index (χ2v) is 4.32. The van der Waals surface area contributed by atoms with Crippen LogP contribution < -0.4 is 5.73 Å². The van der Waals surface area contributed by atoms with Crippen molar-refractivity contribution in [2.75, 3.05) is 32.8 Å². The van der Waals surface area contributed by atoms with Gasteiger partial charge in [0.1, 0.15) is 0 Å². The van der Waals surface area contributed by atoms with Crippen molar-refractivity contribution in [3.63, 3.8) is 0 Å². The first-order chi connectivity index (χ1) is 7.70. The van der Waals surface area contributed by atoms with Crippen molar-refractivity contribution in [3.8, 4) is 0 Å². The molecule has 0 amide bonds. The van der Waals surface area contributed by atoms with Gasteiger partial charge < -0.3 is 10.5 Å². The van der Waals surface area contributed by atoms with Gasteiger partial charge >= 0.3 is 0 Å². The van der Waals surface area contributed by atoms with Crippen molar-refractivity contribution in [1.29, 1.82) is 0 Å². The molecule has 0 atom stereocenters. The molecule has 3 nitrogen and oxygen atoms in total. The molecular weight excluding hydrogens is 200 g/mol. The Morgan fingerprint density at radius 1 is 1.06 bits per heavy atom. The average Bonchev–Trinajstić information content (AvgIpc) is 2.32. The van der Waals surface area contributed by atoms with Gasteiger partial charge in [-0.1, -0.05) is 20.8 Å². The van der Waals surface area contributed by atoms with Crippen LogP contribution in [0.2, 0.25) is 0 Å². The molecular formula is C13H30N2O. The molecule has 0 aromatic heterocycles. The molecule has 0 bridgehead atoms. The van der Waals surface area contributed by atoms with Crippen molar-refractivity contribution in [2.45, 2.75) is 52.5 Å². The van der Waals surface area contributed by atoms with E-state index in [1.807, 2.05) is 6.92 Å². The van der Waals surface area contributed by atoms with Gasteiger partial charge in [0.05, 0.1) is 6.61 Å². The molecule has 16 heavy (non-hydrogen) atoms. The molecule has 98 valence electrons. The van der Waals surface area contributed by atoms with Gasteiger partial charge in [-0.25, -0.2) is 0 Å². The monoisotopic (exact) mass is 230 g/mol. The molecule has 0 aliphatic heterocycles. The summed E-state index contributed by atoms with van der Waals surface area (Å²) in [5, 5.41) is 0. The summed E-state index contributed by atoms with van der Waals surface area (Å²) in [4.78, 5) is 2.52. The third kappa shape index (κ3) is 4.40. The minimum Gasteiger partial charge on any atom is -0.380 e. The molecule has 0 aliphatic carbocycles. The van der Waals surface area contributed by atoms with E-state index in [1.54, 1.807) is 0 Å². The van der Waals surface area contributed by atoms with Gasteiger partial charge in [-0.15, -0.1) is 0 Å². The molecule has 2 N–H and O–H groups in total. The van der Waals surface area contributed by atoms with Crippen LogP contribution in [0.4, 0.5) is 0 Å². The lowest BCUT2D eigenvalue weighted by Gasteiger charge is -2.42. The Morgan fingerprint density at radius 3 is 2.06 bits per heavy atom. The van der Waals surface area contributed by atoms with Crippen LogP contribution in [0.5, 0.6) is 0 Å². The first-order valence-corrected chi connectivity index (χ1v) is 6.73. The molecule has 0 saturated heterocycles. The van der Waals surface area contributed by atoms with Crippen LogP contribution in [0.25, 0.3) is 0 Å². The molecule has 3 heteroatoms. The zero-order valence-electron chi connectivity index (χ0n) is 11.6. The zero-order valence-corrected chi connectivity index (χ0v) is 11.6. The van der Waals surface area contributed by atoms with Gasteiger partial charge in [-0.05, 0) is 32.7 Å². The van der Waals surface area contributed by atoms with Crippen LogP contribution in [-0.4, -0.2) is 43.3 Å². The Bertz CT molecular complexity index is 150. The van der Waals surface area contributed by atoms with E-state index in [2.05, 4.69) is 25.7 Å². The maximum Gasteiger partial charge on any atom is 0.0593 e. The maximum absolute atomic E-state index is 5.98. The first kappa shape index (κ1) is 15.9. The SMILES string of the molecule is CCCN(CCOCC)C(CC)(CC)CN. The number of nitrogens with two attached hydrogens (primary N) is 1. The summed E-state index contributed by atoms with van der Waals surface area (Å²) < 4.78 is 5.46. The quantitative estimate of drug-likeness (QED) is 0.585. The molecule has 0 aromatic carbocycles. The minimum absolute atomic E-state index is 0.174. The third-order valence-electron chi connectivity index (χ3n) is 3.57. The lowest BCUT2D eigenvalue weighted by atomic mass is 9.90. The number of nitrogens with zero attached hydrogens (tertiary/aromatic N) is 1. The number of rotatable bonds is 10. The first-order valence-electron chi connectivity index (χ1n) is 6.73. The van der Waals surface area contributed by atoms with E-state index in [0.29, 0.717) is 0 Å². The highest BCUT2D eigenvalue weighted by Gasteiger charge is 2.30. The fourth-order valence-electron chi connectivity index (χ4n) is 2.29. The smallest absolute Gasteiger partial charge is 0.0593 e. The largest absolute Gasteiger partial charge is 0.380 e. The van der Waals surface area contributed by atoms with Crippen LogP contribution in [-0.2, 0) is 4.74 Å². The van der Waals surface area contributed by atoms with Gasteiger partial charge in [0, 0.05) is 25.2 Å². The van der Waals surface area contributed by atoms with Crippen LogP contribution >= 0.6 is 0 Å². The van der Waals surface area contributed by atoms with Crippen LogP contribution in [0, 0.1) is 0 Å². The lowest BCUT2D eigenvalue weighted by Crippen LogP contribution is -2.54.